The van der Waals surface area contributed by atoms with Gasteiger partial charge in [0.15, 0.2) is 5.76 Å². The zero-order chi connectivity index (χ0) is 16.3. The largest absolute Gasteiger partial charge is 0.359 e. The van der Waals surface area contributed by atoms with Crippen LogP contribution in [-0.4, -0.2) is 48.6 Å². The molecule has 0 spiro atoms. The van der Waals surface area contributed by atoms with Crippen LogP contribution in [0.3, 0.4) is 0 Å². The summed E-state index contributed by atoms with van der Waals surface area (Å²) >= 11 is 0. The number of pyridine rings is 1. The fourth-order valence-corrected chi connectivity index (χ4v) is 4.25. The maximum Gasteiger partial charge on any atom is 0.151 e. The van der Waals surface area contributed by atoms with Crippen molar-refractivity contribution in [3.05, 3.63) is 36.4 Å². The Morgan fingerprint density at radius 2 is 2.13 bits per heavy atom. The molecule has 7 heteroatoms. The Hall–Kier alpha value is -1.73. The maximum atomic E-state index is 11.5. The Kier molecular flexibility index (Phi) is 4.77. The van der Waals surface area contributed by atoms with Gasteiger partial charge in [-0.3, -0.25) is 9.88 Å². The van der Waals surface area contributed by atoms with Crippen LogP contribution >= 0.6 is 0 Å². The van der Waals surface area contributed by atoms with Crippen molar-refractivity contribution in [1.82, 2.24) is 15.0 Å². The number of sulfone groups is 1. The molecule has 0 radical (unpaired) electrons. The molecule has 23 heavy (non-hydrogen) atoms. The third kappa shape index (κ3) is 4.62. The molecule has 0 amide bonds. The van der Waals surface area contributed by atoms with E-state index in [0.717, 1.165) is 42.9 Å². The van der Waals surface area contributed by atoms with E-state index in [9.17, 15) is 8.42 Å². The van der Waals surface area contributed by atoms with E-state index in [0.29, 0.717) is 6.54 Å². The summed E-state index contributed by atoms with van der Waals surface area (Å²) in [5.74, 6) is 1.28. The SMILES string of the molecule is CS(=O)(=O)CC1CCCN(Cc2cc(-c3ccncc3)no2)C1. The van der Waals surface area contributed by atoms with Crippen molar-refractivity contribution in [2.75, 3.05) is 25.1 Å². The van der Waals surface area contributed by atoms with Gasteiger partial charge in [0.25, 0.3) is 0 Å². The normalized spacial score (nSPS) is 19.8. The first-order valence-corrected chi connectivity index (χ1v) is 9.82. The maximum absolute atomic E-state index is 11.5. The molecule has 1 atom stereocenters. The van der Waals surface area contributed by atoms with Crippen LogP contribution < -0.4 is 0 Å². The average molecular weight is 335 g/mol. The molecule has 0 saturated carbocycles. The van der Waals surface area contributed by atoms with Crippen molar-refractivity contribution in [1.29, 1.82) is 0 Å². The first-order valence-electron chi connectivity index (χ1n) is 7.76. The van der Waals surface area contributed by atoms with Gasteiger partial charge in [-0.15, -0.1) is 0 Å². The van der Waals surface area contributed by atoms with Crippen molar-refractivity contribution < 1.29 is 12.9 Å². The number of aromatic nitrogens is 2. The van der Waals surface area contributed by atoms with Gasteiger partial charge in [-0.1, -0.05) is 5.16 Å². The molecule has 1 fully saturated rings. The molecule has 3 heterocycles. The molecule has 1 unspecified atom stereocenters. The number of nitrogens with zero attached hydrogens (tertiary/aromatic N) is 3. The standard InChI is InChI=1S/C16H21N3O3S/c1-23(20,21)12-13-3-2-8-19(10-13)11-15-9-16(18-22-15)14-4-6-17-7-5-14/h4-7,9,13H,2-3,8,10-12H2,1H3. The van der Waals surface area contributed by atoms with Crippen molar-refractivity contribution in [3.63, 3.8) is 0 Å². The van der Waals surface area contributed by atoms with Crippen LogP contribution in [0.2, 0.25) is 0 Å². The number of hydrogen-bond donors (Lipinski definition) is 0. The molecule has 1 saturated heterocycles. The Labute approximate surface area is 136 Å². The van der Waals surface area contributed by atoms with E-state index in [4.69, 9.17) is 4.52 Å². The summed E-state index contributed by atoms with van der Waals surface area (Å²) in [6.45, 7) is 2.42. The molecule has 3 rings (SSSR count). The zero-order valence-corrected chi connectivity index (χ0v) is 14.0. The Balaban J connectivity index is 1.62. The zero-order valence-electron chi connectivity index (χ0n) is 13.2. The number of likely N-dealkylation sites (tertiary alicyclic amines) is 1. The molecule has 124 valence electrons. The van der Waals surface area contributed by atoms with Gasteiger partial charge in [-0.25, -0.2) is 8.42 Å². The Bertz CT molecular complexity index is 743. The van der Waals surface area contributed by atoms with Crippen molar-refractivity contribution in [2.24, 2.45) is 5.92 Å². The lowest BCUT2D eigenvalue weighted by atomic mass is 10.00. The van der Waals surface area contributed by atoms with Crippen LogP contribution in [0, 0.1) is 5.92 Å². The predicted octanol–water partition coefficient (Wildman–Crippen LogP) is 1.99. The highest BCUT2D eigenvalue weighted by Gasteiger charge is 2.24. The number of hydrogen-bond acceptors (Lipinski definition) is 6. The van der Waals surface area contributed by atoms with E-state index in [1.807, 2.05) is 18.2 Å². The van der Waals surface area contributed by atoms with E-state index in [-0.39, 0.29) is 11.7 Å². The lowest BCUT2D eigenvalue weighted by Crippen LogP contribution is -2.37. The van der Waals surface area contributed by atoms with E-state index in [1.165, 1.54) is 6.26 Å². The Morgan fingerprint density at radius 3 is 2.87 bits per heavy atom. The van der Waals surface area contributed by atoms with Crippen LogP contribution in [0.15, 0.2) is 35.1 Å². The van der Waals surface area contributed by atoms with Gasteiger partial charge in [0, 0.05) is 36.8 Å². The predicted molar refractivity (Wildman–Crippen MR) is 87.4 cm³/mol. The summed E-state index contributed by atoms with van der Waals surface area (Å²) in [5, 5.41) is 4.11. The van der Waals surface area contributed by atoms with Crippen LogP contribution in [-0.2, 0) is 16.4 Å². The quantitative estimate of drug-likeness (QED) is 0.832. The van der Waals surface area contributed by atoms with Crippen LogP contribution in [0.25, 0.3) is 11.3 Å². The van der Waals surface area contributed by atoms with Crippen molar-refractivity contribution in [3.8, 4) is 11.3 Å². The van der Waals surface area contributed by atoms with E-state index in [1.54, 1.807) is 12.4 Å². The minimum Gasteiger partial charge on any atom is -0.359 e. The highest BCUT2D eigenvalue weighted by molar-refractivity contribution is 7.90. The molecule has 1 aliphatic heterocycles. The molecule has 2 aromatic rings. The molecule has 6 nitrogen and oxygen atoms in total. The van der Waals surface area contributed by atoms with Crippen molar-refractivity contribution in [2.45, 2.75) is 19.4 Å². The van der Waals surface area contributed by atoms with Crippen LogP contribution in [0.1, 0.15) is 18.6 Å². The molecule has 1 aliphatic rings. The third-order valence-electron chi connectivity index (χ3n) is 4.06. The van der Waals surface area contributed by atoms with E-state index in [2.05, 4.69) is 15.0 Å². The molecule has 0 aliphatic carbocycles. The molecule has 0 N–H and O–H groups in total. The minimum absolute atomic E-state index is 0.210. The highest BCUT2D eigenvalue weighted by atomic mass is 32.2. The van der Waals surface area contributed by atoms with Gasteiger partial charge in [0.05, 0.1) is 12.3 Å². The van der Waals surface area contributed by atoms with Gasteiger partial charge in [0.1, 0.15) is 15.5 Å². The second-order valence-electron chi connectivity index (χ2n) is 6.25. The average Bonchev–Trinajstić information content (AvgIpc) is 2.95. The lowest BCUT2D eigenvalue weighted by molar-refractivity contribution is 0.161. The molecule has 0 bridgehead atoms. The summed E-state index contributed by atoms with van der Waals surface area (Å²) < 4.78 is 28.4. The summed E-state index contributed by atoms with van der Waals surface area (Å²) in [4.78, 5) is 6.24. The van der Waals surface area contributed by atoms with Gasteiger partial charge < -0.3 is 4.52 Å². The van der Waals surface area contributed by atoms with E-state index < -0.39 is 9.84 Å². The monoisotopic (exact) mass is 335 g/mol. The van der Waals surface area contributed by atoms with E-state index >= 15 is 0 Å². The van der Waals surface area contributed by atoms with Crippen molar-refractivity contribution >= 4 is 9.84 Å². The summed E-state index contributed by atoms with van der Waals surface area (Å²) in [6.07, 6.45) is 6.76. The highest BCUT2D eigenvalue weighted by Crippen LogP contribution is 2.22. The van der Waals surface area contributed by atoms with Gasteiger partial charge in [-0.2, -0.15) is 0 Å². The fraction of sp³-hybridized carbons (Fsp3) is 0.500. The van der Waals surface area contributed by atoms with Crippen LogP contribution in [0.4, 0.5) is 0 Å². The minimum atomic E-state index is -2.92. The molecular weight excluding hydrogens is 314 g/mol. The van der Waals surface area contributed by atoms with Gasteiger partial charge in [-0.05, 0) is 37.4 Å². The summed E-state index contributed by atoms with van der Waals surface area (Å²) in [6, 6.07) is 5.73. The summed E-state index contributed by atoms with van der Waals surface area (Å²) in [5.41, 5.74) is 1.77. The second kappa shape index (κ2) is 6.80. The number of rotatable bonds is 5. The molecule has 0 aromatic carbocycles. The van der Waals surface area contributed by atoms with Gasteiger partial charge in [0.2, 0.25) is 0 Å². The molecular formula is C16H21N3O3S. The second-order valence-corrected chi connectivity index (χ2v) is 8.43. The van der Waals surface area contributed by atoms with Crippen LogP contribution in [0.5, 0.6) is 0 Å². The molecule has 2 aromatic heterocycles. The fourth-order valence-electron chi connectivity index (χ4n) is 3.13. The first kappa shape index (κ1) is 16.1. The summed E-state index contributed by atoms with van der Waals surface area (Å²) in [7, 11) is -2.92. The van der Waals surface area contributed by atoms with Gasteiger partial charge >= 0.3 is 0 Å². The number of piperidine rings is 1. The Morgan fingerprint density at radius 1 is 1.35 bits per heavy atom. The first-order chi connectivity index (χ1) is 11.0. The third-order valence-corrected chi connectivity index (χ3v) is 5.13. The smallest absolute Gasteiger partial charge is 0.151 e. The topological polar surface area (TPSA) is 76.3 Å². The lowest BCUT2D eigenvalue weighted by Gasteiger charge is -2.31.